The molecule has 2 rings (SSSR count). The van der Waals surface area contributed by atoms with Crippen molar-refractivity contribution in [3.05, 3.63) is 22.2 Å². The van der Waals surface area contributed by atoms with Gasteiger partial charge in [-0.3, -0.25) is 4.90 Å². The van der Waals surface area contributed by atoms with E-state index in [1.807, 2.05) is 13.0 Å². The molecule has 0 radical (unpaired) electrons. The largest absolute Gasteiger partial charge is 0.368 e. The molecule has 0 saturated carbocycles. The molecule has 1 aromatic heterocycles. The van der Waals surface area contributed by atoms with E-state index in [2.05, 4.69) is 21.8 Å². The minimum Gasteiger partial charge on any atom is -0.368 e. The minimum atomic E-state index is 0.0234. The topological polar surface area (TPSA) is 41.1 Å². The highest BCUT2D eigenvalue weighted by Crippen LogP contribution is 2.18. The molecule has 1 fully saturated rings. The van der Waals surface area contributed by atoms with Crippen molar-refractivity contribution in [2.45, 2.75) is 20.0 Å². The van der Waals surface area contributed by atoms with E-state index < -0.39 is 0 Å². The lowest BCUT2D eigenvalue weighted by atomic mass is 10.2. The number of nitrogens with zero attached hydrogens (tertiary/aromatic N) is 2. The molecule has 2 heterocycles. The highest BCUT2D eigenvalue weighted by molar-refractivity contribution is 7.71. The Morgan fingerprint density at radius 2 is 2.50 bits per heavy atom. The first-order valence-electron chi connectivity index (χ1n) is 5.61. The fourth-order valence-electron chi connectivity index (χ4n) is 1.91. The van der Waals surface area contributed by atoms with Gasteiger partial charge in [0, 0.05) is 18.8 Å². The second-order valence-corrected chi connectivity index (χ2v) is 4.46. The van der Waals surface area contributed by atoms with E-state index >= 15 is 0 Å². The number of aryl methyl sites for hydroxylation is 1. The molecular formula is C11H17N3OS. The molecular weight excluding hydrogens is 222 g/mol. The van der Waals surface area contributed by atoms with Crippen LogP contribution < -0.4 is 0 Å². The first kappa shape index (κ1) is 11.7. The number of hydrogen-bond donors (Lipinski definition) is 1. The van der Waals surface area contributed by atoms with Crippen LogP contribution in [-0.4, -0.2) is 41.1 Å². The van der Waals surface area contributed by atoms with E-state index in [0.717, 1.165) is 37.8 Å². The van der Waals surface area contributed by atoms with Crippen molar-refractivity contribution in [2.24, 2.45) is 0 Å². The Labute approximate surface area is 101 Å². The van der Waals surface area contributed by atoms with Gasteiger partial charge in [0.1, 0.15) is 16.6 Å². The quantitative estimate of drug-likeness (QED) is 0.800. The van der Waals surface area contributed by atoms with Crippen LogP contribution in [0.3, 0.4) is 0 Å². The smallest absolute Gasteiger partial charge is 0.138 e. The van der Waals surface area contributed by atoms with Gasteiger partial charge >= 0.3 is 0 Å². The van der Waals surface area contributed by atoms with Crippen LogP contribution >= 0.6 is 12.2 Å². The average molecular weight is 239 g/mol. The van der Waals surface area contributed by atoms with Crippen LogP contribution in [0.25, 0.3) is 0 Å². The molecule has 1 aliphatic rings. The third-order valence-electron chi connectivity index (χ3n) is 2.80. The maximum Gasteiger partial charge on any atom is 0.138 e. The minimum absolute atomic E-state index is 0.0234. The number of likely N-dealkylation sites (N-methyl/N-ethyl adjacent to an activating group) is 1. The van der Waals surface area contributed by atoms with Crippen molar-refractivity contribution in [1.82, 2.24) is 14.9 Å². The van der Waals surface area contributed by atoms with Gasteiger partial charge in [0.15, 0.2) is 0 Å². The number of morpholine rings is 1. The SMILES string of the molecule is CCN1CCOC(c2nc(=S)cc(C)[nH]2)C1. The Balaban J connectivity index is 2.19. The first-order chi connectivity index (χ1) is 7.69. The maximum absolute atomic E-state index is 5.72. The van der Waals surface area contributed by atoms with Gasteiger partial charge in [0.25, 0.3) is 0 Å². The predicted octanol–water partition coefficient (Wildman–Crippen LogP) is 1.84. The molecule has 5 heteroatoms. The number of aromatic nitrogens is 2. The van der Waals surface area contributed by atoms with E-state index in [9.17, 15) is 0 Å². The molecule has 88 valence electrons. The Morgan fingerprint density at radius 1 is 1.69 bits per heavy atom. The van der Waals surface area contributed by atoms with Gasteiger partial charge in [-0.2, -0.15) is 0 Å². The maximum atomic E-state index is 5.72. The van der Waals surface area contributed by atoms with Gasteiger partial charge in [-0.1, -0.05) is 19.1 Å². The molecule has 0 amide bonds. The summed E-state index contributed by atoms with van der Waals surface area (Å²) in [6.07, 6.45) is 0.0234. The Hall–Kier alpha value is -0.780. The van der Waals surface area contributed by atoms with E-state index in [0.29, 0.717) is 4.64 Å². The molecule has 0 bridgehead atoms. The third-order valence-corrected chi connectivity index (χ3v) is 3.01. The first-order valence-corrected chi connectivity index (χ1v) is 6.01. The van der Waals surface area contributed by atoms with Crippen molar-refractivity contribution >= 4 is 12.2 Å². The average Bonchev–Trinajstić information content (AvgIpc) is 2.28. The molecule has 1 aromatic rings. The summed E-state index contributed by atoms with van der Waals surface area (Å²) in [5, 5.41) is 0. The molecule has 0 aromatic carbocycles. The molecule has 1 saturated heterocycles. The molecule has 1 aliphatic heterocycles. The van der Waals surface area contributed by atoms with Gasteiger partial charge in [-0.15, -0.1) is 0 Å². The number of aromatic amines is 1. The molecule has 1 unspecified atom stereocenters. The summed E-state index contributed by atoms with van der Waals surface area (Å²) in [6.45, 7) is 7.84. The number of rotatable bonds is 2. The van der Waals surface area contributed by atoms with Crippen molar-refractivity contribution in [3.63, 3.8) is 0 Å². The molecule has 16 heavy (non-hydrogen) atoms. The van der Waals surface area contributed by atoms with Gasteiger partial charge in [-0.05, 0) is 19.5 Å². The van der Waals surface area contributed by atoms with Crippen molar-refractivity contribution in [3.8, 4) is 0 Å². The zero-order chi connectivity index (χ0) is 11.5. The van der Waals surface area contributed by atoms with Crippen molar-refractivity contribution in [2.75, 3.05) is 26.2 Å². The summed E-state index contributed by atoms with van der Waals surface area (Å²) < 4.78 is 6.35. The molecule has 0 spiro atoms. The van der Waals surface area contributed by atoms with Crippen LogP contribution in [0.15, 0.2) is 6.07 Å². The van der Waals surface area contributed by atoms with E-state index in [4.69, 9.17) is 17.0 Å². The van der Waals surface area contributed by atoms with Gasteiger partial charge in [-0.25, -0.2) is 4.98 Å². The van der Waals surface area contributed by atoms with Crippen LogP contribution in [-0.2, 0) is 4.74 Å². The van der Waals surface area contributed by atoms with Gasteiger partial charge in [0.2, 0.25) is 0 Å². The molecule has 4 nitrogen and oxygen atoms in total. The van der Waals surface area contributed by atoms with E-state index in [1.165, 1.54) is 0 Å². The van der Waals surface area contributed by atoms with Crippen molar-refractivity contribution < 1.29 is 4.74 Å². The third kappa shape index (κ3) is 2.66. The fraction of sp³-hybridized carbons (Fsp3) is 0.636. The number of hydrogen-bond acceptors (Lipinski definition) is 4. The Morgan fingerprint density at radius 3 is 3.19 bits per heavy atom. The lowest BCUT2D eigenvalue weighted by molar-refractivity contribution is -0.0327. The summed E-state index contributed by atoms with van der Waals surface area (Å²) in [6, 6.07) is 1.86. The number of ether oxygens (including phenoxy) is 1. The molecule has 1 atom stereocenters. The van der Waals surface area contributed by atoms with Crippen LogP contribution in [0.4, 0.5) is 0 Å². The Bertz CT molecular complexity index is 418. The van der Waals surface area contributed by atoms with E-state index in [-0.39, 0.29) is 6.10 Å². The summed E-state index contributed by atoms with van der Waals surface area (Å²) in [5.74, 6) is 0.850. The van der Waals surface area contributed by atoms with Crippen LogP contribution in [0.2, 0.25) is 0 Å². The van der Waals surface area contributed by atoms with Crippen LogP contribution in [0.1, 0.15) is 24.5 Å². The second kappa shape index (κ2) is 5.03. The van der Waals surface area contributed by atoms with E-state index in [1.54, 1.807) is 0 Å². The van der Waals surface area contributed by atoms with Gasteiger partial charge < -0.3 is 9.72 Å². The highest BCUT2D eigenvalue weighted by Gasteiger charge is 2.22. The highest BCUT2D eigenvalue weighted by atomic mass is 32.1. The van der Waals surface area contributed by atoms with Crippen LogP contribution in [0, 0.1) is 11.6 Å². The fourth-order valence-corrected chi connectivity index (χ4v) is 2.19. The summed E-state index contributed by atoms with van der Waals surface area (Å²) in [5.41, 5.74) is 1.03. The summed E-state index contributed by atoms with van der Waals surface area (Å²) in [4.78, 5) is 9.92. The van der Waals surface area contributed by atoms with Gasteiger partial charge in [0.05, 0.1) is 6.61 Å². The second-order valence-electron chi connectivity index (χ2n) is 4.04. The number of H-pyrrole nitrogens is 1. The Kier molecular flexibility index (Phi) is 3.68. The van der Waals surface area contributed by atoms with Crippen LogP contribution in [0.5, 0.6) is 0 Å². The normalized spacial score (nSPS) is 22.2. The zero-order valence-electron chi connectivity index (χ0n) is 9.69. The molecule has 0 aliphatic carbocycles. The number of nitrogens with one attached hydrogen (secondary N) is 1. The lowest BCUT2D eigenvalue weighted by Crippen LogP contribution is -2.38. The molecule has 1 N–H and O–H groups in total. The summed E-state index contributed by atoms with van der Waals surface area (Å²) >= 11 is 5.11. The zero-order valence-corrected chi connectivity index (χ0v) is 10.5. The van der Waals surface area contributed by atoms with Crippen molar-refractivity contribution in [1.29, 1.82) is 0 Å². The standard InChI is InChI=1S/C11H17N3OS/c1-3-14-4-5-15-9(7-14)11-12-8(2)6-10(16)13-11/h6,9H,3-5,7H2,1-2H3,(H,12,13,16). The monoisotopic (exact) mass is 239 g/mol. The lowest BCUT2D eigenvalue weighted by Gasteiger charge is -2.31. The predicted molar refractivity (Wildman–Crippen MR) is 65.0 cm³/mol. The summed E-state index contributed by atoms with van der Waals surface area (Å²) in [7, 11) is 0.